The molecule has 0 saturated heterocycles. The minimum absolute atomic E-state index is 0.105. The van der Waals surface area contributed by atoms with Crippen molar-refractivity contribution in [2.75, 3.05) is 5.73 Å². The monoisotopic (exact) mass is 295 g/mol. The number of rotatable bonds is 3. The summed E-state index contributed by atoms with van der Waals surface area (Å²) < 4.78 is 37.2. The minimum atomic E-state index is -4.37. The first-order chi connectivity index (χ1) is 9.86. The van der Waals surface area contributed by atoms with E-state index in [0.717, 1.165) is 12.1 Å². The average molecular weight is 295 g/mol. The highest BCUT2D eigenvalue weighted by atomic mass is 19.4. The number of amides is 1. The lowest BCUT2D eigenvalue weighted by atomic mass is 10.1. The number of carbonyl (C=O) groups excluding carboxylic acids is 1. The Balaban J connectivity index is 1.98. The van der Waals surface area contributed by atoms with E-state index in [0.29, 0.717) is 11.3 Å². The maximum Gasteiger partial charge on any atom is 0.416 e. The van der Waals surface area contributed by atoms with Crippen molar-refractivity contribution >= 4 is 11.6 Å². The van der Waals surface area contributed by atoms with E-state index in [1.165, 1.54) is 24.4 Å². The van der Waals surface area contributed by atoms with E-state index in [9.17, 15) is 18.0 Å². The Morgan fingerprint density at radius 3 is 2.43 bits per heavy atom. The number of carbonyl (C=O) groups is 1. The molecule has 1 aromatic carbocycles. The Kier molecular flexibility index (Phi) is 4.11. The van der Waals surface area contributed by atoms with Gasteiger partial charge in [-0.15, -0.1) is 0 Å². The number of alkyl halides is 3. The summed E-state index contributed by atoms with van der Waals surface area (Å²) in [6, 6.07) is 7.54. The number of nitrogen functional groups attached to an aromatic ring is 1. The predicted octanol–water partition coefficient (Wildman–Crippen LogP) is 2.61. The highest BCUT2D eigenvalue weighted by molar-refractivity contribution is 5.92. The van der Waals surface area contributed by atoms with Crippen molar-refractivity contribution < 1.29 is 18.0 Å². The summed E-state index contributed by atoms with van der Waals surface area (Å²) in [5, 5.41) is 2.56. The van der Waals surface area contributed by atoms with Crippen molar-refractivity contribution in [3.63, 3.8) is 0 Å². The molecule has 1 aromatic heterocycles. The van der Waals surface area contributed by atoms with Gasteiger partial charge >= 0.3 is 6.18 Å². The first-order valence-corrected chi connectivity index (χ1v) is 6.02. The quantitative estimate of drug-likeness (QED) is 0.914. The molecule has 110 valence electrons. The van der Waals surface area contributed by atoms with Crippen molar-refractivity contribution in [1.82, 2.24) is 10.3 Å². The number of hydrogen-bond donors (Lipinski definition) is 2. The molecule has 0 unspecified atom stereocenters. The Morgan fingerprint density at radius 2 is 1.86 bits per heavy atom. The molecule has 0 saturated carbocycles. The van der Waals surface area contributed by atoms with E-state index in [1.54, 1.807) is 6.07 Å². The molecule has 4 nitrogen and oxygen atoms in total. The van der Waals surface area contributed by atoms with Crippen LogP contribution in [-0.2, 0) is 12.7 Å². The number of pyridine rings is 1. The number of nitrogens with one attached hydrogen (secondary N) is 1. The maximum absolute atomic E-state index is 12.4. The molecule has 2 aromatic rings. The van der Waals surface area contributed by atoms with Crippen LogP contribution in [0.5, 0.6) is 0 Å². The zero-order valence-corrected chi connectivity index (χ0v) is 10.8. The predicted molar refractivity (Wildman–Crippen MR) is 71.3 cm³/mol. The van der Waals surface area contributed by atoms with Crippen LogP contribution in [0.3, 0.4) is 0 Å². The summed E-state index contributed by atoms with van der Waals surface area (Å²) in [6.07, 6.45) is -2.96. The lowest BCUT2D eigenvalue weighted by molar-refractivity contribution is -0.137. The molecule has 1 amide bonds. The molecule has 2 rings (SSSR count). The minimum Gasteiger partial charge on any atom is -0.399 e. The van der Waals surface area contributed by atoms with E-state index >= 15 is 0 Å². The summed E-state index contributed by atoms with van der Waals surface area (Å²) in [7, 11) is 0. The lowest BCUT2D eigenvalue weighted by Gasteiger charge is -2.08. The summed E-state index contributed by atoms with van der Waals surface area (Å²) in [5.41, 5.74) is 5.93. The van der Waals surface area contributed by atoms with Crippen molar-refractivity contribution in [3.8, 4) is 0 Å². The molecule has 0 fully saturated rings. The van der Waals surface area contributed by atoms with E-state index in [1.807, 2.05) is 0 Å². The number of nitrogens with two attached hydrogens (primary N) is 1. The van der Waals surface area contributed by atoms with Gasteiger partial charge in [0.2, 0.25) is 0 Å². The normalized spacial score (nSPS) is 11.2. The number of nitrogens with zero attached hydrogens (tertiary/aromatic N) is 1. The van der Waals surface area contributed by atoms with Gasteiger partial charge in [0.1, 0.15) is 5.69 Å². The van der Waals surface area contributed by atoms with Crippen LogP contribution < -0.4 is 11.1 Å². The number of halogens is 3. The molecule has 3 N–H and O–H groups in total. The van der Waals surface area contributed by atoms with Gasteiger partial charge in [-0.2, -0.15) is 13.2 Å². The van der Waals surface area contributed by atoms with Crippen LogP contribution >= 0.6 is 0 Å². The molecule has 0 atom stereocenters. The van der Waals surface area contributed by atoms with Gasteiger partial charge in [0.05, 0.1) is 5.56 Å². The molecular weight excluding hydrogens is 283 g/mol. The lowest BCUT2D eigenvalue weighted by Crippen LogP contribution is -2.23. The van der Waals surface area contributed by atoms with Gasteiger partial charge in [-0.05, 0) is 29.8 Å². The Bertz CT molecular complexity index is 639. The second kappa shape index (κ2) is 5.82. The molecule has 1 heterocycles. The van der Waals surface area contributed by atoms with E-state index in [2.05, 4.69) is 10.3 Å². The summed E-state index contributed by atoms with van der Waals surface area (Å²) >= 11 is 0. The summed E-state index contributed by atoms with van der Waals surface area (Å²) in [6.45, 7) is 0.105. The summed E-state index contributed by atoms with van der Waals surface area (Å²) in [4.78, 5) is 15.6. The number of hydrogen-bond acceptors (Lipinski definition) is 3. The SMILES string of the molecule is Nc1ccnc(C(=O)NCc2ccc(C(F)(F)F)cc2)c1. The summed E-state index contributed by atoms with van der Waals surface area (Å²) in [5.74, 6) is -0.442. The van der Waals surface area contributed by atoms with Gasteiger partial charge in [0.15, 0.2) is 0 Å². The molecule has 0 bridgehead atoms. The third-order valence-corrected chi connectivity index (χ3v) is 2.75. The van der Waals surface area contributed by atoms with Crippen LogP contribution in [0.1, 0.15) is 21.6 Å². The van der Waals surface area contributed by atoms with Crippen molar-refractivity contribution in [2.24, 2.45) is 0 Å². The first kappa shape index (κ1) is 14.8. The van der Waals surface area contributed by atoms with E-state index in [4.69, 9.17) is 5.73 Å². The number of anilines is 1. The van der Waals surface area contributed by atoms with Crippen LogP contribution in [0.2, 0.25) is 0 Å². The molecule has 7 heteroatoms. The van der Waals surface area contributed by atoms with Crippen LogP contribution in [0.4, 0.5) is 18.9 Å². The largest absolute Gasteiger partial charge is 0.416 e. The molecule has 0 aliphatic rings. The second-order valence-corrected chi connectivity index (χ2v) is 4.35. The van der Waals surface area contributed by atoms with Crippen molar-refractivity contribution in [1.29, 1.82) is 0 Å². The van der Waals surface area contributed by atoms with Crippen LogP contribution in [0.15, 0.2) is 42.6 Å². The van der Waals surface area contributed by atoms with Gasteiger partial charge in [0.25, 0.3) is 5.91 Å². The topological polar surface area (TPSA) is 68.0 Å². The highest BCUT2D eigenvalue weighted by Gasteiger charge is 2.29. The van der Waals surface area contributed by atoms with Gasteiger partial charge < -0.3 is 11.1 Å². The van der Waals surface area contributed by atoms with Gasteiger partial charge in [0, 0.05) is 18.4 Å². The van der Waals surface area contributed by atoms with E-state index in [-0.39, 0.29) is 12.2 Å². The Labute approximate surface area is 118 Å². The van der Waals surface area contributed by atoms with Crippen LogP contribution in [0.25, 0.3) is 0 Å². The smallest absolute Gasteiger partial charge is 0.399 e. The zero-order chi connectivity index (χ0) is 15.5. The van der Waals surface area contributed by atoms with E-state index < -0.39 is 17.6 Å². The van der Waals surface area contributed by atoms with Gasteiger partial charge in [-0.1, -0.05) is 12.1 Å². The van der Waals surface area contributed by atoms with Gasteiger partial charge in [-0.25, -0.2) is 0 Å². The Hall–Kier alpha value is -2.57. The average Bonchev–Trinajstić information content (AvgIpc) is 2.44. The first-order valence-electron chi connectivity index (χ1n) is 6.02. The Morgan fingerprint density at radius 1 is 1.19 bits per heavy atom. The van der Waals surface area contributed by atoms with Crippen LogP contribution in [0, 0.1) is 0 Å². The van der Waals surface area contributed by atoms with Crippen molar-refractivity contribution in [2.45, 2.75) is 12.7 Å². The maximum atomic E-state index is 12.4. The fourth-order valence-corrected chi connectivity index (χ4v) is 1.66. The number of benzene rings is 1. The van der Waals surface area contributed by atoms with Crippen LogP contribution in [-0.4, -0.2) is 10.9 Å². The number of aromatic nitrogens is 1. The molecule has 0 aliphatic heterocycles. The highest BCUT2D eigenvalue weighted by Crippen LogP contribution is 2.29. The third-order valence-electron chi connectivity index (χ3n) is 2.75. The van der Waals surface area contributed by atoms with Gasteiger partial charge in [-0.3, -0.25) is 9.78 Å². The molecule has 0 spiro atoms. The second-order valence-electron chi connectivity index (χ2n) is 4.35. The fraction of sp³-hybridized carbons (Fsp3) is 0.143. The fourth-order valence-electron chi connectivity index (χ4n) is 1.66. The molecule has 21 heavy (non-hydrogen) atoms. The van der Waals surface area contributed by atoms with Crippen molar-refractivity contribution in [3.05, 3.63) is 59.4 Å². The zero-order valence-electron chi connectivity index (χ0n) is 10.8. The molecular formula is C14H12F3N3O. The molecule has 0 aliphatic carbocycles. The standard InChI is InChI=1S/C14H12F3N3O/c15-14(16,17)10-3-1-9(2-4-10)8-20-13(21)12-7-11(18)5-6-19-12/h1-7H,8H2,(H2,18,19)(H,20,21). The molecule has 0 radical (unpaired) electrons. The third kappa shape index (κ3) is 3.95.